The summed E-state index contributed by atoms with van der Waals surface area (Å²) in [5.74, 6) is 1.37. The van der Waals surface area contributed by atoms with Crippen molar-refractivity contribution in [2.24, 2.45) is 5.92 Å². The zero-order valence-corrected chi connectivity index (χ0v) is 12.3. The predicted octanol–water partition coefficient (Wildman–Crippen LogP) is 3.62. The van der Waals surface area contributed by atoms with E-state index < -0.39 is 0 Å². The molecular formula is C17H21FN2O. The molecule has 1 aliphatic carbocycles. The van der Waals surface area contributed by atoms with Crippen molar-refractivity contribution < 1.29 is 8.91 Å². The first-order valence-corrected chi connectivity index (χ1v) is 7.61. The van der Waals surface area contributed by atoms with E-state index in [0.717, 1.165) is 29.9 Å². The van der Waals surface area contributed by atoms with Crippen LogP contribution in [0.3, 0.4) is 0 Å². The van der Waals surface area contributed by atoms with E-state index in [0.29, 0.717) is 18.5 Å². The number of nitrogens with zero attached hydrogens (tertiary/aromatic N) is 1. The summed E-state index contributed by atoms with van der Waals surface area (Å²) < 4.78 is 19.0. The van der Waals surface area contributed by atoms with Crippen molar-refractivity contribution in [2.45, 2.75) is 45.2 Å². The van der Waals surface area contributed by atoms with Gasteiger partial charge in [-0.25, -0.2) is 4.39 Å². The molecule has 0 spiro atoms. The molecule has 0 saturated heterocycles. The summed E-state index contributed by atoms with van der Waals surface area (Å²) in [5.41, 5.74) is 1.66. The number of aromatic nitrogens is 1. The molecule has 1 N–H and O–H groups in total. The Balaban J connectivity index is 1.58. The minimum Gasteiger partial charge on any atom is -0.361 e. The summed E-state index contributed by atoms with van der Waals surface area (Å²) in [6.45, 7) is 2.53. The second-order valence-electron chi connectivity index (χ2n) is 5.91. The maximum atomic E-state index is 13.6. The molecule has 3 nitrogen and oxygen atoms in total. The van der Waals surface area contributed by atoms with Gasteiger partial charge >= 0.3 is 0 Å². The molecule has 1 aromatic carbocycles. The second-order valence-corrected chi connectivity index (χ2v) is 5.91. The Morgan fingerprint density at radius 1 is 1.33 bits per heavy atom. The molecule has 2 aromatic rings. The molecule has 3 rings (SSSR count). The highest BCUT2D eigenvalue weighted by molar-refractivity contribution is 5.17. The molecule has 1 saturated carbocycles. The molecule has 1 fully saturated rings. The molecule has 1 aromatic heterocycles. The minimum atomic E-state index is -0.134. The van der Waals surface area contributed by atoms with Crippen LogP contribution in [0.1, 0.15) is 36.3 Å². The smallest absolute Gasteiger partial charge is 0.137 e. The molecular weight excluding hydrogens is 267 g/mol. The largest absolute Gasteiger partial charge is 0.361 e. The Labute approximate surface area is 124 Å². The highest BCUT2D eigenvalue weighted by Gasteiger charge is 2.28. The first kappa shape index (κ1) is 14.3. The van der Waals surface area contributed by atoms with Gasteiger partial charge in [0.05, 0.1) is 5.69 Å². The molecule has 0 aliphatic heterocycles. The van der Waals surface area contributed by atoms with Crippen molar-refractivity contribution >= 4 is 0 Å². The summed E-state index contributed by atoms with van der Waals surface area (Å²) >= 11 is 0. The quantitative estimate of drug-likeness (QED) is 0.913. The minimum absolute atomic E-state index is 0.134. The van der Waals surface area contributed by atoms with Crippen LogP contribution in [0.5, 0.6) is 0 Å². The third-order valence-corrected chi connectivity index (χ3v) is 4.31. The standard InChI is InChI=1S/C17H21FN2O/c1-12-9-15(21-20-12)10-13-6-4-8-17(13)19-11-14-5-2-3-7-16(14)18/h2-3,5,7,9,13,17,19H,4,6,8,10-11H2,1H3/t13-,17+/m0/s1. The van der Waals surface area contributed by atoms with Crippen molar-refractivity contribution in [3.05, 3.63) is 53.2 Å². The predicted molar refractivity (Wildman–Crippen MR) is 79.3 cm³/mol. The lowest BCUT2D eigenvalue weighted by Crippen LogP contribution is -2.33. The third-order valence-electron chi connectivity index (χ3n) is 4.31. The fraction of sp³-hybridized carbons (Fsp3) is 0.471. The van der Waals surface area contributed by atoms with E-state index in [1.165, 1.54) is 18.9 Å². The van der Waals surface area contributed by atoms with Crippen molar-refractivity contribution in [3.63, 3.8) is 0 Å². The van der Waals surface area contributed by atoms with Gasteiger partial charge in [-0.05, 0) is 31.7 Å². The van der Waals surface area contributed by atoms with E-state index >= 15 is 0 Å². The molecule has 21 heavy (non-hydrogen) atoms. The van der Waals surface area contributed by atoms with Gasteiger partial charge in [-0.2, -0.15) is 0 Å². The average molecular weight is 288 g/mol. The zero-order chi connectivity index (χ0) is 14.7. The summed E-state index contributed by atoms with van der Waals surface area (Å²) in [7, 11) is 0. The maximum Gasteiger partial charge on any atom is 0.137 e. The maximum absolute atomic E-state index is 13.6. The van der Waals surface area contributed by atoms with E-state index in [1.807, 2.05) is 25.1 Å². The number of hydrogen-bond donors (Lipinski definition) is 1. The van der Waals surface area contributed by atoms with Crippen molar-refractivity contribution in [2.75, 3.05) is 0 Å². The fourth-order valence-electron chi connectivity index (χ4n) is 3.20. The number of hydrogen-bond acceptors (Lipinski definition) is 3. The third kappa shape index (κ3) is 3.50. The van der Waals surface area contributed by atoms with Crippen LogP contribution in [0.2, 0.25) is 0 Å². The van der Waals surface area contributed by atoms with Crippen LogP contribution in [0.4, 0.5) is 4.39 Å². The highest BCUT2D eigenvalue weighted by atomic mass is 19.1. The van der Waals surface area contributed by atoms with E-state index in [4.69, 9.17) is 4.52 Å². The van der Waals surface area contributed by atoms with Gasteiger partial charge in [0.15, 0.2) is 0 Å². The summed E-state index contributed by atoms with van der Waals surface area (Å²) in [4.78, 5) is 0. The van der Waals surface area contributed by atoms with Gasteiger partial charge in [0.25, 0.3) is 0 Å². The van der Waals surface area contributed by atoms with Crippen LogP contribution in [0.15, 0.2) is 34.9 Å². The fourth-order valence-corrected chi connectivity index (χ4v) is 3.20. The van der Waals surface area contributed by atoms with E-state index in [9.17, 15) is 4.39 Å². The summed E-state index contributed by atoms with van der Waals surface area (Å²) in [5, 5.41) is 7.46. The van der Waals surface area contributed by atoms with Crippen LogP contribution in [0, 0.1) is 18.7 Å². The van der Waals surface area contributed by atoms with Gasteiger partial charge in [0.2, 0.25) is 0 Å². The van der Waals surface area contributed by atoms with Crippen molar-refractivity contribution in [1.29, 1.82) is 0 Å². The molecule has 0 bridgehead atoms. The Kier molecular flexibility index (Phi) is 4.34. The van der Waals surface area contributed by atoms with E-state index in [1.54, 1.807) is 6.07 Å². The van der Waals surface area contributed by atoms with E-state index in [-0.39, 0.29) is 5.82 Å². The Hall–Kier alpha value is -1.68. The molecule has 0 unspecified atom stereocenters. The Morgan fingerprint density at radius 3 is 2.95 bits per heavy atom. The SMILES string of the molecule is Cc1cc(C[C@@H]2CCC[C@H]2NCc2ccccc2F)on1. The monoisotopic (exact) mass is 288 g/mol. The molecule has 4 heteroatoms. The number of aryl methyl sites for hydroxylation is 1. The van der Waals surface area contributed by atoms with Crippen LogP contribution in [0.25, 0.3) is 0 Å². The van der Waals surface area contributed by atoms with Gasteiger partial charge < -0.3 is 9.84 Å². The summed E-state index contributed by atoms with van der Waals surface area (Å²) in [6.07, 6.45) is 4.46. The molecule has 112 valence electrons. The van der Waals surface area contributed by atoms with Gasteiger partial charge in [-0.3, -0.25) is 0 Å². The van der Waals surface area contributed by atoms with Crippen LogP contribution in [-0.4, -0.2) is 11.2 Å². The number of rotatable bonds is 5. The normalized spacial score (nSPS) is 21.8. The van der Waals surface area contributed by atoms with Crippen molar-refractivity contribution in [3.8, 4) is 0 Å². The number of nitrogens with one attached hydrogen (secondary N) is 1. The first-order valence-electron chi connectivity index (χ1n) is 7.61. The lowest BCUT2D eigenvalue weighted by Gasteiger charge is -2.20. The van der Waals surface area contributed by atoms with Gasteiger partial charge in [-0.1, -0.05) is 29.8 Å². The van der Waals surface area contributed by atoms with E-state index in [2.05, 4.69) is 10.5 Å². The average Bonchev–Trinajstić information content (AvgIpc) is 3.08. The van der Waals surface area contributed by atoms with Gasteiger partial charge in [0.1, 0.15) is 11.6 Å². The molecule has 0 radical (unpaired) electrons. The number of halogens is 1. The summed E-state index contributed by atoms with van der Waals surface area (Å²) in [6, 6.07) is 9.39. The highest BCUT2D eigenvalue weighted by Crippen LogP contribution is 2.29. The molecule has 1 aliphatic rings. The van der Waals surface area contributed by atoms with Crippen LogP contribution < -0.4 is 5.32 Å². The van der Waals surface area contributed by atoms with Crippen LogP contribution >= 0.6 is 0 Å². The topological polar surface area (TPSA) is 38.1 Å². The lowest BCUT2D eigenvalue weighted by molar-refractivity contribution is 0.328. The van der Waals surface area contributed by atoms with Gasteiger partial charge in [-0.15, -0.1) is 0 Å². The molecule has 2 atom stereocenters. The second kappa shape index (κ2) is 6.39. The lowest BCUT2D eigenvalue weighted by atomic mass is 9.97. The zero-order valence-electron chi connectivity index (χ0n) is 12.3. The molecule has 1 heterocycles. The van der Waals surface area contributed by atoms with Gasteiger partial charge in [0, 0.05) is 30.6 Å². The van der Waals surface area contributed by atoms with Crippen LogP contribution in [-0.2, 0) is 13.0 Å². The van der Waals surface area contributed by atoms with Crippen molar-refractivity contribution in [1.82, 2.24) is 10.5 Å². The molecule has 0 amide bonds. The first-order chi connectivity index (χ1) is 10.2. The number of benzene rings is 1. The Morgan fingerprint density at radius 2 is 2.19 bits per heavy atom. The Bertz CT molecular complexity index is 596.